The predicted molar refractivity (Wildman–Crippen MR) is 80.5 cm³/mol. The molecule has 108 valence electrons. The zero-order valence-electron chi connectivity index (χ0n) is 11.9. The Bertz CT molecular complexity index is 643. The number of carbonyl (C=O) groups is 1. The number of allylic oxidation sites excluding steroid dienone is 7. The molecule has 0 radical (unpaired) electrons. The minimum Gasteiger partial charge on any atom is -0.504 e. The summed E-state index contributed by atoms with van der Waals surface area (Å²) in [5.41, 5.74) is 1.85. The van der Waals surface area contributed by atoms with E-state index >= 15 is 0 Å². The van der Waals surface area contributed by atoms with Gasteiger partial charge in [0.15, 0.2) is 11.5 Å². The van der Waals surface area contributed by atoms with Gasteiger partial charge in [0, 0.05) is 0 Å². The highest BCUT2D eigenvalue weighted by molar-refractivity contribution is 5.59. The SMILES string of the molecule is CC1=CC(=C/C=C/c2ccc(O)c(OC=O)c2)C=C(C)O1. The lowest BCUT2D eigenvalue weighted by Gasteiger charge is -2.11. The van der Waals surface area contributed by atoms with Gasteiger partial charge in [0.2, 0.25) is 0 Å². The topological polar surface area (TPSA) is 55.8 Å². The van der Waals surface area contributed by atoms with E-state index in [0.717, 1.165) is 22.7 Å². The van der Waals surface area contributed by atoms with Crippen molar-refractivity contribution in [3.63, 3.8) is 0 Å². The molecule has 0 saturated heterocycles. The first kappa shape index (κ1) is 14.7. The Morgan fingerprint density at radius 3 is 2.57 bits per heavy atom. The van der Waals surface area contributed by atoms with E-state index in [9.17, 15) is 9.90 Å². The van der Waals surface area contributed by atoms with E-state index in [1.54, 1.807) is 12.1 Å². The van der Waals surface area contributed by atoms with Crippen LogP contribution >= 0.6 is 0 Å². The van der Waals surface area contributed by atoms with Crippen LogP contribution in [0.25, 0.3) is 6.08 Å². The van der Waals surface area contributed by atoms with E-state index in [-0.39, 0.29) is 18.0 Å². The van der Waals surface area contributed by atoms with Crippen LogP contribution in [0.4, 0.5) is 0 Å². The smallest absolute Gasteiger partial charge is 0.298 e. The van der Waals surface area contributed by atoms with Crippen molar-refractivity contribution in [2.75, 3.05) is 0 Å². The summed E-state index contributed by atoms with van der Waals surface area (Å²) in [6.07, 6.45) is 9.56. The largest absolute Gasteiger partial charge is 0.504 e. The summed E-state index contributed by atoms with van der Waals surface area (Å²) in [6.45, 7) is 4.09. The van der Waals surface area contributed by atoms with Gasteiger partial charge in [0.1, 0.15) is 11.5 Å². The van der Waals surface area contributed by atoms with E-state index in [0.29, 0.717) is 0 Å². The summed E-state index contributed by atoms with van der Waals surface area (Å²) >= 11 is 0. The maximum Gasteiger partial charge on any atom is 0.298 e. The molecule has 0 saturated carbocycles. The highest BCUT2D eigenvalue weighted by Gasteiger charge is 2.03. The first-order chi connectivity index (χ1) is 10.1. The van der Waals surface area contributed by atoms with Gasteiger partial charge in [-0.2, -0.15) is 0 Å². The molecule has 1 aliphatic heterocycles. The van der Waals surface area contributed by atoms with Crippen LogP contribution in [0.2, 0.25) is 0 Å². The van der Waals surface area contributed by atoms with Crippen LogP contribution in [0.1, 0.15) is 19.4 Å². The summed E-state index contributed by atoms with van der Waals surface area (Å²) in [6, 6.07) is 4.80. The Kier molecular flexibility index (Phi) is 4.61. The van der Waals surface area contributed by atoms with E-state index < -0.39 is 0 Å². The lowest BCUT2D eigenvalue weighted by atomic mass is 10.1. The predicted octanol–water partition coefficient (Wildman–Crippen LogP) is 3.70. The van der Waals surface area contributed by atoms with Gasteiger partial charge >= 0.3 is 0 Å². The zero-order chi connectivity index (χ0) is 15.2. The van der Waals surface area contributed by atoms with Gasteiger partial charge in [0.05, 0.1) is 0 Å². The molecule has 0 atom stereocenters. The fraction of sp³-hybridized carbons (Fsp3) is 0.118. The fourth-order valence-electron chi connectivity index (χ4n) is 1.97. The van der Waals surface area contributed by atoms with Crippen LogP contribution in [-0.2, 0) is 9.53 Å². The summed E-state index contributed by atoms with van der Waals surface area (Å²) in [5, 5.41) is 9.50. The first-order valence-electron chi connectivity index (χ1n) is 6.44. The molecule has 1 N–H and O–H groups in total. The van der Waals surface area contributed by atoms with Crippen molar-refractivity contribution < 1.29 is 19.4 Å². The van der Waals surface area contributed by atoms with Gasteiger partial charge in [-0.05, 0) is 49.3 Å². The third kappa shape index (κ3) is 4.11. The van der Waals surface area contributed by atoms with Gasteiger partial charge in [-0.1, -0.05) is 24.3 Å². The number of phenolic OH excluding ortho intramolecular Hbond substituents is 1. The van der Waals surface area contributed by atoms with Crippen molar-refractivity contribution in [2.45, 2.75) is 13.8 Å². The molecule has 1 aliphatic rings. The Labute approximate surface area is 123 Å². The molecule has 0 unspecified atom stereocenters. The number of rotatable bonds is 4. The number of carbonyl (C=O) groups excluding carboxylic acids is 1. The zero-order valence-corrected chi connectivity index (χ0v) is 11.9. The average molecular weight is 284 g/mol. The van der Waals surface area contributed by atoms with Gasteiger partial charge in [-0.15, -0.1) is 0 Å². The number of hydrogen-bond donors (Lipinski definition) is 1. The average Bonchev–Trinajstić information content (AvgIpc) is 2.41. The normalized spacial score (nSPS) is 14.3. The molecule has 1 aromatic carbocycles. The molecule has 0 spiro atoms. The summed E-state index contributed by atoms with van der Waals surface area (Å²) < 4.78 is 10.1. The molecule has 4 heteroatoms. The van der Waals surface area contributed by atoms with Crippen molar-refractivity contribution in [1.82, 2.24) is 0 Å². The van der Waals surface area contributed by atoms with Crippen LogP contribution < -0.4 is 4.74 Å². The van der Waals surface area contributed by atoms with Gasteiger partial charge in [-0.3, -0.25) is 4.79 Å². The third-order valence-electron chi connectivity index (χ3n) is 2.80. The van der Waals surface area contributed by atoms with Crippen LogP contribution in [0.15, 0.2) is 59.6 Å². The van der Waals surface area contributed by atoms with E-state index in [1.807, 2.05) is 44.2 Å². The van der Waals surface area contributed by atoms with Gasteiger partial charge < -0.3 is 14.6 Å². The van der Waals surface area contributed by atoms with Crippen LogP contribution in [0, 0.1) is 0 Å². The fourth-order valence-corrected chi connectivity index (χ4v) is 1.97. The Balaban J connectivity index is 2.16. The minimum atomic E-state index is -0.0702. The second-order valence-corrected chi connectivity index (χ2v) is 4.58. The van der Waals surface area contributed by atoms with Crippen molar-refractivity contribution in [2.24, 2.45) is 0 Å². The van der Waals surface area contributed by atoms with Crippen molar-refractivity contribution in [3.8, 4) is 11.5 Å². The number of phenols is 1. The summed E-state index contributed by atoms with van der Waals surface area (Å²) in [5.74, 6) is 1.76. The lowest BCUT2D eigenvalue weighted by molar-refractivity contribution is -0.120. The maximum atomic E-state index is 10.3. The quantitative estimate of drug-likeness (QED) is 0.856. The molecule has 0 amide bonds. The molecule has 0 aliphatic carbocycles. The monoisotopic (exact) mass is 284 g/mol. The van der Waals surface area contributed by atoms with E-state index in [4.69, 9.17) is 4.74 Å². The molecular formula is C17H16O4. The second kappa shape index (κ2) is 6.61. The lowest BCUT2D eigenvalue weighted by Crippen LogP contribution is -1.93. The Morgan fingerprint density at radius 2 is 1.90 bits per heavy atom. The third-order valence-corrected chi connectivity index (χ3v) is 2.80. The number of hydrogen-bond acceptors (Lipinski definition) is 4. The molecule has 0 aromatic heterocycles. The highest BCUT2D eigenvalue weighted by Crippen LogP contribution is 2.27. The molecule has 21 heavy (non-hydrogen) atoms. The highest BCUT2D eigenvalue weighted by atomic mass is 16.5. The Hall–Kier alpha value is -2.75. The molecule has 0 fully saturated rings. The molecule has 0 bridgehead atoms. The number of aromatic hydroxyl groups is 1. The van der Waals surface area contributed by atoms with Crippen LogP contribution in [0.5, 0.6) is 11.5 Å². The van der Waals surface area contributed by atoms with E-state index in [1.165, 1.54) is 6.07 Å². The molecule has 1 heterocycles. The summed E-state index contributed by atoms with van der Waals surface area (Å²) in [7, 11) is 0. The molecule has 1 aromatic rings. The van der Waals surface area contributed by atoms with Gasteiger partial charge in [0.25, 0.3) is 6.47 Å². The number of ether oxygens (including phenoxy) is 2. The molecule has 4 nitrogen and oxygen atoms in total. The van der Waals surface area contributed by atoms with Gasteiger partial charge in [-0.25, -0.2) is 0 Å². The summed E-state index contributed by atoms with van der Waals surface area (Å²) in [4.78, 5) is 10.3. The van der Waals surface area contributed by atoms with Crippen molar-refractivity contribution in [3.05, 3.63) is 65.2 Å². The molecular weight excluding hydrogens is 268 g/mol. The van der Waals surface area contributed by atoms with Crippen molar-refractivity contribution >= 4 is 12.5 Å². The van der Waals surface area contributed by atoms with E-state index in [2.05, 4.69) is 4.74 Å². The molecule has 2 rings (SSSR count). The van der Waals surface area contributed by atoms with Crippen molar-refractivity contribution in [1.29, 1.82) is 0 Å². The standard InChI is InChI=1S/C17H16O4/c1-12-8-15(9-13(2)21-12)5-3-4-14-6-7-16(19)17(10-14)20-11-18/h3-11,19H,1-2H3/b4-3+. The minimum absolute atomic E-state index is 0.0702. The van der Waals surface area contributed by atoms with Crippen LogP contribution in [0.3, 0.4) is 0 Å². The first-order valence-corrected chi connectivity index (χ1v) is 6.44. The second-order valence-electron chi connectivity index (χ2n) is 4.58. The Morgan fingerprint density at radius 1 is 1.19 bits per heavy atom. The maximum absolute atomic E-state index is 10.3. The number of benzene rings is 1. The van der Waals surface area contributed by atoms with Crippen LogP contribution in [-0.4, -0.2) is 11.6 Å².